The van der Waals surface area contributed by atoms with Crippen molar-refractivity contribution in [2.45, 2.75) is 251 Å². The molecule has 0 bridgehead atoms. The second-order valence-corrected chi connectivity index (χ2v) is 32.5. The van der Waals surface area contributed by atoms with Crippen LogP contribution in [0.25, 0.3) is 0 Å². The van der Waals surface area contributed by atoms with Gasteiger partial charge in [-0.15, -0.1) is 0 Å². The van der Waals surface area contributed by atoms with Crippen molar-refractivity contribution in [1.82, 2.24) is 31.5 Å². The topological polar surface area (TPSA) is 274 Å². The summed E-state index contributed by atoms with van der Waals surface area (Å²) in [5.41, 5.74) is -5.74. The van der Waals surface area contributed by atoms with E-state index in [0.717, 1.165) is 12.2 Å². The molecule has 0 aromatic carbocycles. The Morgan fingerprint density at radius 3 is 1.73 bits per heavy atom. The average molecular weight is 1120 g/mol. The number of likely N-dealkylation sites (N-methyl/N-ethyl adjacent to an activating group) is 1. The molecule has 0 aromatic rings. The minimum Gasteiger partial charge on any atom is -0.466 e. The van der Waals surface area contributed by atoms with Crippen molar-refractivity contribution < 1.29 is 72.5 Å². The maximum Gasteiger partial charge on any atom is 0.408 e. The number of rotatable bonds is 17. The van der Waals surface area contributed by atoms with Gasteiger partial charge >= 0.3 is 18.3 Å². The van der Waals surface area contributed by atoms with Crippen molar-refractivity contribution in [3.63, 3.8) is 0 Å². The van der Waals surface area contributed by atoms with Crippen molar-refractivity contribution in [3.05, 3.63) is 11.8 Å². The number of hydrogen-bond acceptors (Lipinski definition) is 16. The zero-order valence-corrected chi connectivity index (χ0v) is 50.9. The average Bonchev–Trinajstić information content (AvgIpc) is 3.21. The van der Waals surface area contributed by atoms with Gasteiger partial charge in [0.1, 0.15) is 52.6 Å². The van der Waals surface area contributed by atoms with E-state index in [1.165, 1.54) is 18.9 Å². The van der Waals surface area contributed by atoms with Crippen LogP contribution in [0.15, 0.2) is 11.8 Å². The highest BCUT2D eigenvalue weighted by atomic mass is 32.3. The molecule has 1 saturated heterocycles. The van der Waals surface area contributed by atoms with Crippen LogP contribution in [0.1, 0.15) is 156 Å². The normalized spacial score (nSPS) is 31.5. The summed E-state index contributed by atoms with van der Waals surface area (Å²) in [7, 11) is 0.606. The van der Waals surface area contributed by atoms with Crippen molar-refractivity contribution in [2.75, 3.05) is 45.0 Å². The fraction of sp³-hybridized carbons (Fsp3) is 0.873. The number of carbonyl (C=O) groups is 5. The number of carbonyl (C=O) groups excluding carboxylic acids is 5. The molecule has 3 unspecified atom stereocenters. The molecule has 8 N–H and O–H groups in total. The maximum absolute atomic E-state index is 14.5. The molecule has 4 aliphatic rings. The molecule has 2 aliphatic carbocycles. The lowest BCUT2D eigenvalue weighted by Gasteiger charge is -2.51. The lowest BCUT2D eigenvalue weighted by atomic mass is 9.66. The summed E-state index contributed by atoms with van der Waals surface area (Å²) >= 11 is 0. The third kappa shape index (κ3) is 19.6. The van der Waals surface area contributed by atoms with Crippen LogP contribution in [0.5, 0.6) is 0 Å². The number of alkyl carbamates (subject to hydrolysis) is 3. The van der Waals surface area contributed by atoms with Gasteiger partial charge < -0.3 is 80.0 Å². The van der Waals surface area contributed by atoms with Gasteiger partial charge in [0.25, 0.3) is 0 Å². The van der Waals surface area contributed by atoms with E-state index in [2.05, 4.69) is 59.9 Å². The van der Waals surface area contributed by atoms with Crippen LogP contribution < -0.4 is 26.6 Å². The Balaban J connectivity index is 1.75. The van der Waals surface area contributed by atoms with E-state index in [9.17, 15) is 39.3 Å². The largest absolute Gasteiger partial charge is 0.466 e. The Bertz CT molecular complexity index is 2070. The van der Waals surface area contributed by atoms with Crippen LogP contribution in [0.4, 0.5) is 14.4 Å². The van der Waals surface area contributed by atoms with Crippen LogP contribution in [0.3, 0.4) is 0 Å². The molecule has 0 aromatic heterocycles. The van der Waals surface area contributed by atoms with Gasteiger partial charge in [0.2, 0.25) is 18.1 Å². The van der Waals surface area contributed by atoms with Gasteiger partial charge in [-0.05, 0) is 142 Å². The first-order valence-corrected chi connectivity index (χ1v) is 29.8. The number of ether oxygens (including phenoxy) is 7. The van der Waals surface area contributed by atoms with E-state index in [0.29, 0.717) is 18.8 Å². The summed E-state index contributed by atoms with van der Waals surface area (Å²) in [5.74, 6) is 0.768. The summed E-state index contributed by atoms with van der Waals surface area (Å²) in [6.07, 6.45) is -3.38. The second-order valence-electron chi connectivity index (χ2n) is 27.8. The highest BCUT2D eigenvalue weighted by Gasteiger charge is 2.56. The summed E-state index contributed by atoms with van der Waals surface area (Å²) < 4.78 is 43.0. The monoisotopic (exact) mass is 1120 g/mol. The van der Waals surface area contributed by atoms with E-state index in [1.54, 1.807) is 69.2 Å². The van der Waals surface area contributed by atoms with Crippen molar-refractivity contribution in [1.29, 1.82) is 0 Å². The zero-order valence-electron chi connectivity index (χ0n) is 50.1. The van der Waals surface area contributed by atoms with Gasteiger partial charge in [-0.2, -0.15) is 0 Å². The molecule has 0 radical (unpaired) electrons. The molecule has 5 amide bonds. The quantitative estimate of drug-likeness (QED) is 0.0642. The van der Waals surface area contributed by atoms with Gasteiger partial charge in [-0.3, -0.25) is 9.59 Å². The van der Waals surface area contributed by atoms with Gasteiger partial charge in [0.05, 0.1) is 42.7 Å². The molecule has 2 aliphatic heterocycles. The Morgan fingerprint density at radius 2 is 1.22 bits per heavy atom. The van der Waals surface area contributed by atoms with Crippen molar-refractivity contribution >= 4 is 40.1 Å². The van der Waals surface area contributed by atoms with E-state index in [1.807, 2.05) is 26.8 Å². The van der Waals surface area contributed by atoms with E-state index in [-0.39, 0.29) is 48.8 Å². The third-order valence-corrected chi connectivity index (χ3v) is 19.0. The van der Waals surface area contributed by atoms with E-state index in [4.69, 9.17) is 33.2 Å². The van der Waals surface area contributed by atoms with Gasteiger partial charge in [0.15, 0.2) is 6.29 Å². The second kappa shape index (κ2) is 25.0. The molecule has 4 rings (SSSR count). The summed E-state index contributed by atoms with van der Waals surface area (Å²) in [6, 6.07) is -4.80. The molecule has 11 atom stereocenters. The van der Waals surface area contributed by atoms with Crippen LogP contribution in [-0.2, 0) is 42.7 Å². The smallest absolute Gasteiger partial charge is 0.408 e. The van der Waals surface area contributed by atoms with Crippen LogP contribution in [0, 0.1) is 10.8 Å². The number of nitrogens with zero attached hydrogens (tertiary/aromatic N) is 1. The molecular weight excluding hydrogens is 1020 g/mol. The Hall–Kier alpha value is -3.64. The molecule has 77 heavy (non-hydrogen) atoms. The molecule has 446 valence electrons. The van der Waals surface area contributed by atoms with E-state index < -0.39 is 135 Å². The maximum atomic E-state index is 14.5. The molecule has 21 nitrogen and oxygen atoms in total. The molecule has 3 fully saturated rings. The first kappa shape index (κ1) is 65.9. The van der Waals surface area contributed by atoms with Gasteiger partial charge in [-0.1, -0.05) is 48.5 Å². The summed E-state index contributed by atoms with van der Waals surface area (Å²) in [6.45, 7) is 31.8. The van der Waals surface area contributed by atoms with Crippen LogP contribution >= 0.6 is 10.0 Å². The predicted octanol–water partition coefficient (Wildman–Crippen LogP) is 5.69. The summed E-state index contributed by atoms with van der Waals surface area (Å²) in [5, 5.41) is 51.7. The number of aliphatic hydroxyl groups is 3. The lowest BCUT2D eigenvalue weighted by molar-refractivity contribution is -0.311. The zero-order chi connectivity index (χ0) is 58.7. The number of aliphatic hydroxyl groups excluding tert-OH is 2. The van der Waals surface area contributed by atoms with Gasteiger partial charge in [0, 0.05) is 19.5 Å². The predicted molar refractivity (Wildman–Crippen MR) is 295 cm³/mol. The molecule has 0 spiro atoms. The third-order valence-electron chi connectivity index (χ3n) is 14.4. The number of nitrogens with one attached hydrogen (secondary N) is 5. The first-order valence-electron chi connectivity index (χ1n) is 27.2. The molecule has 2 heterocycles. The fourth-order valence-electron chi connectivity index (χ4n) is 9.74. The van der Waals surface area contributed by atoms with E-state index >= 15 is 0 Å². The molecular formula is C55H100N6O15S. The van der Waals surface area contributed by atoms with Crippen LogP contribution in [0.2, 0.25) is 0 Å². The fourth-order valence-corrected chi connectivity index (χ4v) is 11.2. The Kier molecular flexibility index (Phi) is 21.4. The minimum absolute atomic E-state index is 0.0964. The first-order chi connectivity index (χ1) is 34.9. The van der Waals surface area contributed by atoms with Gasteiger partial charge in [-0.25, -0.2) is 24.4 Å². The molecule has 2 saturated carbocycles. The highest BCUT2D eigenvalue weighted by molar-refractivity contribution is 8.33. The summed E-state index contributed by atoms with van der Waals surface area (Å²) in [4.78, 5) is 69.3. The number of amides is 5. The Labute approximate surface area is 460 Å². The highest BCUT2D eigenvalue weighted by Crippen LogP contribution is 2.53. The standard InChI is InChI=1S/C55H100N6O15S/c1-49(2,3)29-37(62)61(18)42-39(64)44(70-31-55(42,17)69)73-40-35(58-45(65)54(16)27-32(28-54)57-46(66)74-50(4,5)6)26-36(60-48(68)76-52(10,11)12)41(38(40)63)72-43-34(59-47(67)75-51(7,8)9)23-22-33(71-43)30-56-24-21-25-77(19,20)53(13,14)15/h22,32,34-36,38-44,56,63-64,69H,21,23-31H2,1-20H3,(H,57,66)(H,58,65)(H,59,67)(H,60,68)/t32?,34-,35?,36?,38-,39?,40+,41-,42-,43-,44-,54?,55+/m1/s1. The molecule has 22 heteroatoms. The number of hydrogen-bond donors (Lipinski definition) is 8. The van der Waals surface area contributed by atoms with Crippen molar-refractivity contribution in [2.24, 2.45) is 10.8 Å². The van der Waals surface area contributed by atoms with Crippen LogP contribution in [-0.4, -0.2) is 190 Å². The lowest BCUT2D eigenvalue weighted by Crippen LogP contribution is -2.71. The SMILES string of the molecule is CN(C(=O)CC(C)(C)C)[C@@H]1C(O)[C@@H](O[C@H]2C(NC(=O)C3(C)CC(NC(=O)OC(C)(C)C)C3)CC(NC(=O)OC(C)(C)C)[C@@H](O[C@H]3OC(CNCCCS(C)(C)C(C)(C)C)=CC[C@H]3NC(=O)OC(C)(C)C)[C@@H]2O)OC[C@]1(C)O. The van der Waals surface area contributed by atoms with Crippen molar-refractivity contribution in [3.8, 4) is 0 Å². The Morgan fingerprint density at radius 1 is 0.727 bits per heavy atom. The minimum atomic E-state index is -1.77.